The van der Waals surface area contributed by atoms with Crippen LogP contribution >= 0.6 is 0 Å². The van der Waals surface area contributed by atoms with Crippen LogP contribution in [0.3, 0.4) is 0 Å². The van der Waals surface area contributed by atoms with E-state index in [1.807, 2.05) is 0 Å². The van der Waals surface area contributed by atoms with Crippen LogP contribution < -0.4 is 15.4 Å². The molecule has 4 N–H and O–H groups in total. The number of amides is 1. The maximum Gasteiger partial charge on any atom is 0.255 e. The third-order valence-corrected chi connectivity index (χ3v) is 8.19. The number of nitrogen functional groups attached to an aromatic ring is 1. The van der Waals surface area contributed by atoms with Gasteiger partial charge in [0.05, 0.1) is 17.5 Å². The minimum absolute atomic E-state index is 0.141. The second kappa shape index (κ2) is 10.2. The molecule has 0 saturated carbocycles. The smallest absolute Gasteiger partial charge is 0.255 e. The van der Waals surface area contributed by atoms with E-state index in [9.17, 15) is 17.6 Å². The van der Waals surface area contributed by atoms with Crippen LogP contribution in [-0.4, -0.2) is 54.6 Å². The van der Waals surface area contributed by atoms with Crippen LogP contribution in [0.4, 0.5) is 20.3 Å². The lowest BCUT2D eigenvalue weighted by molar-refractivity contribution is 0.0964. The lowest BCUT2D eigenvalue weighted by Gasteiger charge is -2.21. The molecule has 0 radical (unpaired) electrons. The Balaban J connectivity index is 1.63. The normalized spacial score (nSPS) is 11.7. The second-order valence-corrected chi connectivity index (χ2v) is 11.8. The molecule has 6 aromatic rings. The van der Waals surface area contributed by atoms with Gasteiger partial charge in [0.15, 0.2) is 17.0 Å². The number of sulfonamides is 1. The first kappa shape index (κ1) is 27.8. The molecule has 3 aromatic carbocycles. The number of halogens is 2. The van der Waals surface area contributed by atoms with Crippen molar-refractivity contribution < 1.29 is 26.4 Å². The number of aromatic nitrogens is 4. The van der Waals surface area contributed by atoms with Gasteiger partial charge in [-0.3, -0.25) is 9.10 Å². The first-order valence-corrected chi connectivity index (χ1v) is 14.6. The van der Waals surface area contributed by atoms with Gasteiger partial charge in [0.25, 0.3) is 5.91 Å². The van der Waals surface area contributed by atoms with Crippen molar-refractivity contribution in [1.29, 1.82) is 0 Å². The Hall–Kier alpha value is -5.37. The number of nitrogens with two attached hydrogens (primary N) is 1. The molecule has 0 aliphatic rings. The van der Waals surface area contributed by atoms with Crippen LogP contribution in [0.2, 0.25) is 0 Å². The van der Waals surface area contributed by atoms with Crippen molar-refractivity contribution in [2.45, 2.75) is 0 Å². The summed E-state index contributed by atoms with van der Waals surface area (Å²) in [5.41, 5.74) is 8.40. The molecule has 0 bridgehead atoms. The maximum absolute atomic E-state index is 15.2. The number of anilines is 2. The second-order valence-electron chi connectivity index (χ2n) is 9.76. The molecule has 1 amide bonds. The molecule has 0 aliphatic heterocycles. The summed E-state index contributed by atoms with van der Waals surface area (Å²) in [7, 11) is -1.000. The van der Waals surface area contributed by atoms with E-state index < -0.39 is 27.6 Å². The van der Waals surface area contributed by atoms with Gasteiger partial charge in [0, 0.05) is 42.2 Å². The number of hydrogen-bond donors (Lipinski definition) is 3. The predicted molar refractivity (Wildman–Crippen MR) is 159 cm³/mol. The van der Waals surface area contributed by atoms with Crippen molar-refractivity contribution in [2.75, 3.05) is 30.4 Å². The van der Waals surface area contributed by atoms with Gasteiger partial charge in [-0.05, 0) is 54.1 Å². The highest BCUT2D eigenvalue weighted by Crippen LogP contribution is 2.42. The molecule has 0 unspecified atom stereocenters. The van der Waals surface area contributed by atoms with Gasteiger partial charge in [0.2, 0.25) is 10.0 Å². The molecular weight excluding hydrogens is 580 g/mol. The van der Waals surface area contributed by atoms with Crippen molar-refractivity contribution in [3.8, 4) is 33.8 Å². The molecule has 14 heteroatoms. The van der Waals surface area contributed by atoms with Gasteiger partial charge in [-0.15, -0.1) is 0 Å². The number of nitrogens with one attached hydrogen (secondary N) is 2. The van der Waals surface area contributed by atoms with Gasteiger partial charge >= 0.3 is 0 Å². The number of nitrogens with zero attached hydrogens (tertiary/aromatic N) is 4. The van der Waals surface area contributed by atoms with Crippen LogP contribution in [0.25, 0.3) is 56.0 Å². The largest absolute Gasteiger partial charge is 0.455 e. The molecule has 0 saturated heterocycles. The number of hydrogen-bond acceptors (Lipinski definition) is 8. The predicted octanol–water partition coefficient (Wildman–Crippen LogP) is 4.72. The Morgan fingerprint density at radius 2 is 1.72 bits per heavy atom. The van der Waals surface area contributed by atoms with Crippen LogP contribution in [0.5, 0.6) is 0 Å². The molecule has 11 nitrogen and oxygen atoms in total. The van der Waals surface area contributed by atoms with Gasteiger partial charge in [-0.2, -0.15) is 0 Å². The van der Waals surface area contributed by atoms with E-state index in [2.05, 4.69) is 25.3 Å². The summed E-state index contributed by atoms with van der Waals surface area (Å²) >= 11 is 0. The quantitative estimate of drug-likeness (QED) is 0.247. The van der Waals surface area contributed by atoms with E-state index in [1.165, 1.54) is 62.9 Å². The number of imidazole rings is 1. The Kier molecular flexibility index (Phi) is 6.57. The molecule has 6 rings (SSSR count). The van der Waals surface area contributed by atoms with Crippen molar-refractivity contribution in [3.63, 3.8) is 0 Å². The maximum atomic E-state index is 15.2. The van der Waals surface area contributed by atoms with Crippen LogP contribution in [0, 0.1) is 11.6 Å². The van der Waals surface area contributed by atoms with Gasteiger partial charge < -0.3 is 20.5 Å². The summed E-state index contributed by atoms with van der Waals surface area (Å²) in [6.07, 6.45) is 2.30. The summed E-state index contributed by atoms with van der Waals surface area (Å²) in [6.45, 7) is 0. The third-order valence-electron chi connectivity index (χ3n) is 7.00. The average Bonchev–Trinajstić information content (AvgIpc) is 3.58. The minimum Gasteiger partial charge on any atom is -0.455 e. The van der Waals surface area contributed by atoms with Crippen LogP contribution in [0.15, 0.2) is 65.3 Å². The fraction of sp³-hybridized carbons (Fsp3) is 0.103. The summed E-state index contributed by atoms with van der Waals surface area (Å²) in [6, 6.07) is 12.5. The Labute approximate surface area is 243 Å². The van der Waals surface area contributed by atoms with E-state index in [4.69, 9.17) is 10.2 Å². The standard InChI is InChI=1S/C29H23F2N7O4S/c1-33-29(39)23-20-11-19(15-8-16(10-18(31)9-15)27-36-24-26(32)34-13-35-28(24)37-27)21(38(2)43(3,40)41)12-22(20)42-25(23)14-4-6-17(30)7-5-14/h4-13H,1-3H3,(H,33,39)(H3,32,34,35,36,37). The van der Waals surface area contributed by atoms with Crippen molar-refractivity contribution in [2.24, 2.45) is 0 Å². The van der Waals surface area contributed by atoms with Crippen LogP contribution in [0.1, 0.15) is 10.4 Å². The molecule has 43 heavy (non-hydrogen) atoms. The Bertz CT molecular complexity index is 2180. The monoisotopic (exact) mass is 603 g/mol. The van der Waals surface area contributed by atoms with E-state index in [0.29, 0.717) is 27.7 Å². The van der Waals surface area contributed by atoms with Crippen LogP contribution in [-0.2, 0) is 10.0 Å². The van der Waals surface area contributed by atoms with Gasteiger partial charge in [-0.1, -0.05) is 0 Å². The Morgan fingerprint density at radius 3 is 2.40 bits per heavy atom. The number of carbonyl (C=O) groups excluding carboxylic acids is 1. The number of aromatic amines is 1. The molecule has 0 atom stereocenters. The number of furan rings is 1. The topological polar surface area (TPSA) is 160 Å². The molecule has 0 spiro atoms. The highest BCUT2D eigenvalue weighted by Gasteiger charge is 2.26. The van der Waals surface area contributed by atoms with Crippen molar-refractivity contribution in [1.82, 2.24) is 25.3 Å². The number of fused-ring (bicyclic) bond motifs is 2. The number of benzene rings is 3. The lowest BCUT2D eigenvalue weighted by Crippen LogP contribution is -2.25. The van der Waals surface area contributed by atoms with Crippen molar-refractivity contribution in [3.05, 3.63) is 78.1 Å². The summed E-state index contributed by atoms with van der Waals surface area (Å²) in [4.78, 5) is 28.6. The average molecular weight is 604 g/mol. The molecular formula is C29H23F2N7O4S. The molecule has 3 heterocycles. The van der Waals surface area contributed by atoms with E-state index in [0.717, 1.165) is 10.6 Å². The SMILES string of the molecule is CNC(=O)c1c(-c2ccc(F)cc2)oc2cc(N(C)S(C)(=O)=O)c(-c3cc(F)cc(-c4nc5c(N)ncnc5[nH]4)c3)cc12. The molecule has 0 fully saturated rings. The summed E-state index contributed by atoms with van der Waals surface area (Å²) < 4.78 is 61.4. The van der Waals surface area contributed by atoms with E-state index >= 15 is 4.39 Å². The molecule has 0 aliphatic carbocycles. The number of rotatable bonds is 6. The summed E-state index contributed by atoms with van der Waals surface area (Å²) in [5, 5.41) is 2.92. The van der Waals surface area contributed by atoms with E-state index in [-0.39, 0.29) is 45.4 Å². The molecule has 3 aromatic heterocycles. The first-order chi connectivity index (χ1) is 20.4. The van der Waals surface area contributed by atoms with Crippen molar-refractivity contribution >= 4 is 49.6 Å². The first-order valence-electron chi connectivity index (χ1n) is 12.7. The lowest BCUT2D eigenvalue weighted by atomic mass is 9.97. The zero-order valence-electron chi connectivity index (χ0n) is 22.9. The highest BCUT2D eigenvalue weighted by atomic mass is 32.2. The fourth-order valence-electron chi connectivity index (χ4n) is 4.82. The zero-order valence-corrected chi connectivity index (χ0v) is 23.8. The Morgan fingerprint density at radius 1 is 1.00 bits per heavy atom. The zero-order chi connectivity index (χ0) is 30.6. The van der Waals surface area contributed by atoms with Gasteiger partial charge in [-0.25, -0.2) is 32.2 Å². The summed E-state index contributed by atoms with van der Waals surface area (Å²) in [5.74, 6) is -1.04. The minimum atomic E-state index is -3.80. The number of carbonyl (C=O) groups is 1. The van der Waals surface area contributed by atoms with Gasteiger partial charge in [0.1, 0.15) is 35.1 Å². The fourth-order valence-corrected chi connectivity index (χ4v) is 5.33. The van der Waals surface area contributed by atoms with E-state index in [1.54, 1.807) is 12.1 Å². The number of H-pyrrole nitrogens is 1. The molecule has 218 valence electrons. The third kappa shape index (κ3) is 4.91. The highest BCUT2D eigenvalue weighted by molar-refractivity contribution is 7.92.